The molecule has 14 heavy (non-hydrogen) atoms. The lowest BCUT2D eigenvalue weighted by molar-refractivity contribution is 0.0702. The highest BCUT2D eigenvalue weighted by Gasteiger charge is 2.11. The quantitative estimate of drug-likeness (QED) is 0.650. The Labute approximate surface area is 81.8 Å². The van der Waals surface area contributed by atoms with Crippen molar-refractivity contribution < 1.29 is 9.90 Å². The lowest BCUT2D eigenvalue weighted by Gasteiger charge is -1.90. The molecule has 0 aromatic carbocycles. The van der Waals surface area contributed by atoms with Crippen LogP contribution in [0.5, 0.6) is 0 Å². The van der Waals surface area contributed by atoms with Gasteiger partial charge in [0, 0.05) is 6.20 Å². The summed E-state index contributed by atoms with van der Waals surface area (Å²) in [6.45, 7) is 0. The van der Waals surface area contributed by atoms with Crippen molar-refractivity contribution in [2.24, 2.45) is 0 Å². The van der Waals surface area contributed by atoms with E-state index in [0.29, 0.717) is 10.2 Å². The van der Waals surface area contributed by atoms with Crippen LogP contribution in [0.15, 0.2) is 17.1 Å². The first kappa shape index (κ1) is 8.76. The molecule has 0 aliphatic heterocycles. The molecule has 5 nitrogen and oxygen atoms in total. The van der Waals surface area contributed by atoms with Crippen molar-refractivity contribution in [3.05, 3.63) is 27.4 Å². The third-order valence-electron chi connectivity index (χ3n) is 1.81. The van der Waals surface area contributed by atoms with Crippen LogP contribution in [-0.4, -0.2) is 16.1 Å². The Balaban J connectivity index is 2.84. The summed E-state index contributed by atoms with van der Waals surface area (Å²) in [6.07, 6.45) is 1.37. The summed E-state index contributed by atoms with van der Waals surface area (Å²) in [7, 11) is 0. The molecule has 0 atom stereocenters. The summed E-state index contributed by atoms with van der Waals surface area (Å²) in [4.78, 5) is 25.5. The summed E-state index contributed by atoms with van der Waals surface area (Å²) < 4.78 is 0. The largest absolute Gasteiger partial charge is 0.477 e. The number of hydrogen-bond acceptors (Lipinski definition) is 4. The number of nitrogens with one attached hydrogen (secondary N) is 1. The molecule has 0 radical (unpaired) electrons. The molecule has 72 valence electrons. The molecule has 6 heteroatoms. The molecule has 0 saturated heterocycles. The number of thiophene rings is 1. The predicted octanol–water partition coefficient (Wildman–Crippen LogP) is 0.870. The number of fused-ring (bicyclic) bond motifs is 1. The molecule has 0 amide bonds. The zero-order valence-corrected chi connectivity index (χ0v) is 7.72. The number of rotatable bonds is 1. The van der Waals surface area contributed by atoms with E-state index in [-0.39, 0.29) is 16.0 Å². The lowest BCUT2D eigenvalue weighted by Crippen LogP contribution is -2.07. The molecular weight excluding hydrogens is 204 g/mol. The monoisotopic (exact) mass is 210 g/mol. The van der Waals surface area contributed by atoms with Crippen molar-refractivity contribution in [2.45, 2.75) is 0 Å². The van der Waals surface area contributed by atoms with Crippen LogP contribution in [0.1, 0.15) is 9.67 Å². The van der Waals surface area contributed by atoms with Crippen LogP contribution >= 0.6 is 11.3 Å². The fourth-order valence-electron chi connectivity index (χ4n) is 1.14. The van der Waals surface area contributed by atoms with Crippen molar-refractivity contribution >= 4 is 33.2 Å². The molecule has 4 N–H and O–H groups in total. The molecule has 0 fully saturated rings. The number of carbonyl (C=O) groups is 1. The van der Waals surface area contributed by atoms with Crippen molar-refractivity contribution in [1.29, 1.82) is 0 Å². The molecule has 2 rings (SSSR count). The van der Waals surface area contributed by atoms with E-state index in [1.807, 2.05) is 0 Å². The third kappa shape index (κ3) is 1.16. The summed E-state index contributed by atoms with van der Waals surface area (Å²) >= 11 is 1.02. The molecule has 0 unspecified atom stereocenters. The number of anilines is 1. The summed E-state index contributed by atoms with van der Waals surface area (Å²) in [5.41, 5.74) is 5.14. The summed E-state index contributed by atoms with van der Waals surface area (Å²) in [5.74, 6) is -1.04. The highest BCUT2D eigenvalue weighted by molar-refractivity contribution is 7.20. The van der Waals surface area contributed by atoms with Crippen molar-refractivity contribution in [3.8, 4) is 0 Å². The molecular formula is C8H6N2O3S. The number of hydrogen-bond donors (Lipinski definition) is 3. The minimum absolute atomic E-state index is 0.0900. The number of pyridine rings is 1. The Kier molecular flexibility index (Phi) is 1.78. The van der Waals surface area contributed by atoms with Gasteiger partial charge in [0.25, 0.3) is 0 Å². The van der Waals surface area contributed by atoms with Gasteiger partial charge in [-0.25, -0.2) is 4.79 Å². The molecule has 2 aromatic rings. The summed E-state index contributed by atoms with van der Waals surface area (Å²) in [6, 6.07) is 1.33. The average Bonchev–Trinajstić information content (AvgIpc) is 2.56. The Bertz CT molecular complexity index is 569. The van der Waals surface area contributed by atoms with Crippen LogP contribution in [-0.2, 0) is 0 Å². The molecule has 0 spiro atoms. The van der Waals surface area contributed by atoms with Crippen molar-refractivity contribution in [3.63, 3.8) is 0 Å². The lowest BCUT2D eigenvalue weighted by atomic mass is 10.3. The number of nitrogens with two attached hydrogens (primary N) is 1. The maximum Gasteiger partial charge on any atom is 0.345 e. The maximum absolute atomic E-state index is 11.4. The van der Waals surface area contributed by atoms with E-state index in [1.54, 1.807) is 0 Å². The van der Waals surface area contributed by atoms with Crippen LogP contribution in [0.4, 0.5) is 5.69 Å². The standard InChI is InChI=1S/C8H6N2O3S/c9-4-2-10-7-3(6(4)11)1-5(14-7)8(12)13/h1-2H,9H2,(H,10,11)(H,12,13). The van der Waals surface area contributed by atoms with Gasteiger partial charge in [0.1, 0.15) is 9.71 Å². The molecule has 2 heterocycles. The highest BCUT2D eigenvalue weighted by atomic mass is 32.1. The first-order chi connectivity index (χ1) is 6.59. The number of aromatic carboxylic acids is 1. The summed E-state index contributed by atoms with van der Waals surface area (Å²) in [5, 5.41) is 9.04. The fourth-order valence-corrected chi connectivity index (χ4v) is 2.00. The van der Waals surface area contributed by atoms with Gasteiger partial charge in [0.05, 0.1) is 11.1 Å². The molecule has 2 aromatic heterocycles. The third-order valence-corrected chi connectivity index (χ3v) is 2.86. The molecule has 0 aliphatic rings. The van der Waals surface area contributed by atoms with Crippen LogP contribution < -0.4 is 11.2 Å². The van der Waals surface area contributed by atoms with Gasteiger partial charge in [-0.1, -0.05) is 0 Å². The molecule has 0 aliphatic carbocycles. The van der Waals surface area contributed by atoms with Crippen molar-refractivity contribution in [2.75, 3.05) is 5.73 Å². The zero-order chi connectivity index (χ0) is 10.3. The van der Waals surface area contributed by atoms with Gasteiger partial charge < -0.3 is 15.8 Å². The SMILES string of the molecule is Nc1c[nH]c2sc(C(=O)O)cc2c1=O. The highest BCUT2D eigenvalue weighted by Crippen LogP contribution is 2.21. The topological polar surface area (TPSA) is 96.2 Å². The average molecular weight is 210 g/mol. The van der Waals surface area contributed by atoms with Gasteiger partial charge in [-0.15, -0.1) is 11.3 Å². The van der Waals surface area contributed by atoms with Crippen LogP contribution in [0.2, 0.25) is 0 Å². The first-order valence-corrected chi connectivity index (χ1v) is 4.55. The number of nitrogen functional groups attached to an aromatic ring is 1. The zero-order valence-electron chi connectivity index (χ0n) is 6.90. The van der Waals surface area contributed by atoms with Crippen LogP contribution in [0.3, 0.4) is 0 Å². The molecule has 0 saturated carbocycles. The molecule has 0 bridgehead atoms. The van der Waals surface area contributed by atoms with Crippen LogP contribution in [0, 0.1) is 0 Å². The Hall–Kier alpha value is -1.82. The van der Waals surface area contributed by atoms with Gasteiger partial charge in [0.2, 0.25) is 5.43 Å². The Morgan fingerprint density at radius 3 is 2.93 bits per heavy atom. The second-order valence-corrected chi connectivity index (χ2v) is 3.78. The fraction of sp³-hybridized carbons (Fsp3) is 0. The minimum atomic E-state index is -1.04. The smallest absolute Gasteiger partial charge is 0.345 e. The normalized spacial score (nSPS) is 10.6. The van der Waals surface area contributed by atoms with E-state index in [2.05, 4.69) is 4.98 Å². The number of aromatic nitrogens is 1. The second-order valence-electron chi connectivity index (χ2n) is 2.73. The van der Waals surface area contributed by atoms with E-state index in [0.717, 1.165) is 11.3 Å². The Morgan fingerprint density at radius 1 is 1.57 bits per heavy atom. The maximum atomic E-state index is 11.4. The van der Waals surface area contributed by atoms with Gasteiger partial charge in [-0.3, -0.25) is 4.79 Å². The van der Waals surface area contributed by atoms with E-state index < -0.39 is 5.97 Å². The number of aromatic amines is 1. The van der Waals surface area contributed by atoms with Crippen LogP contribution in [0.25, 0.3) is 10.2 Å². The van der Waals surface area contributed by atoms with Crippen molar-refractivity contribution in [1.82, 2.24) is 4.98 Å². The number of H-pyrrole nitrogens is 1. The predicted molar refractivity (Wildman–Crippen MR) is 53.8 cm³/mol. The minimum Gasteiger partial charge on any atom is -0.477 e. The van der Waals surface area contributed by atoms with Gasteiger partial charge in [-0.2, -0.15) is 0 Å². The Morgan fingerprint density at radius 2 is 2.29 bits per heavy atom. The number of carboxylic acids is 1. The van der Waals surface area contributed by atoms with Gasteiger partial charge >= 0.3 is 5.97 Å². The van der Waals surface area contributed by atoms with Gasteiger partial charge in [0.15, 0.2) is 0 Å². The van der Waals surface area contributed by atoms with Gasteiger partial charge in [-0.05, 0) is 6.07 Å². The number of carboxylic acid groups (broad SMARTS) is 1. The van der Waals surface area contributed by atoms with E-state index in [9.17, 15) is 9.59 Å². The van der Waals surface area contributed by atoms with E-state index in [4.69, 9.17) is 10.8 Å². The van der Waals surface area contributed by atoms with E-state index in [1.165, 1.54) is 12.3 Å². The second kappa shape index (κ2) is 2.85. The van der Waals surface area contributed by atoms with E-state index >= 15 is 0 Å². The first-order valence-electron chi connectivity index (χ1n) is 3.73.